The number of methoxy groups -OCH3 is 1. The van der Waals surface area contributed by atoms with E-state index in [0.29, 0.717) is 5.56 Å². The molecule has 0 aliphatic carbocycles. The smallest absolute Gasteiger partial charge is 0.408 e. The molecule has 2 atom stereocenters. The number of benzene rings is 1. The summed E-state index contributed by atoms with van der Waals surface area (Å²) in [5.74, 6) is -3.19. The van der Waals surface area contributed by atoms with Crippen LogP contribution >= 0.6 is 0 Å². The molecule has 4 amide bonds. The van der Waals surface area contributed by atoms with Gasteiger partial charge in [-0.25, -0.2) is 4.79 Å². The molecule has 1 aromatic carbocycles. The largest absolute Gasteiger partial charge is 0.468 e. The quantitative estimate of drug-likeness (QED) is 0.308. The van der Waals surface area contributed by atoms with E-state index in [4.69, 9.17) is 10.5 Å². The second-order valence-corrected chi connectivity index (χ2v) is 8.73. The topological polar surface area (TPSA) is 177 Å². The van der Waals surface area contributed by atoms with Gasteiger partial charge in [0, 0.05) is 6.54 Å². The third-order valence-electron chi connectivity index (χ3n) is 4.61. The fraction of sp³-hybridized carbons (Fsp3) is 0.522. The van der Waals surface area contributed by atoms with Crippen LogP contribution in [0.5, 0.6) is 0 Å². The van der Waals surface area contributed by atoms with Crippen LogP contribution < -0.4 is 16.4 Å². The lowest BCUT2D eigenvalue weighted by Crippen LogP contribution is -2.54. The summed E-state index contributed by atoms with van der Waals surface area (Å²) in [6.07, 6.45) is -1.55. The van der Waals surface area contributed by atoms with Crippen molar-refractivity contribution >= 4 is 29.8 Å². The molecule has 0 heterocycles. The third kappa shape index (κ3) is 10.0. The number of rotatable bonds is 11. The number of esters is 1. The van der Waals surface area contributed by atoms with Crippen molar-refractivity contribution < 1.29 is 38.6 Å². The number of alkyl carbamates (subject to hydrolysis) is 1. The number of carbonyl (C=O) groups excluding carboxylic acids is 5. The predicted octanol–water partition coefficient (Wildman–Crippen LogP) is -0.0851. The molecule has 12 heteroatoms. The molecule has 2 unspecified atom stereocenters. The molecule has 194 valence electrons. The number of nitrogens with two attached hydrogens (primary N) is 1. The van der Waals surface area contributed by atoms with Crippen molar-refractivity contribution in [1.82, 2.24) is 15.5 Å². The molecule has 1 rings (SSSR count). The minimum atomic E-state index is -1.48. The van der Waals surface area contributed by atoms with Crippen LogP contribution in [0.15, 0.2) is 24.3 Å². The van der Waals surface area contributed by atoms with Crippen LogP contribution in [0.1, 0.15) is 44.4 Å². The molecule has 0 aliphatic heterocycles. The lowest BCUT2D eigenvalue weighted by molar-refractivity contribution is -0.145. The summed E-state index contributed by atoms with van der Waals surface area (Å²) >= 11 is 0. The lowest BCUT2D eigenvalue weighted by atomic mass is 10.0. The third-order valence-corrected chi connectivity index (χ3v) is 4.61. The fourth-order valence-electron chi connectivity index (χ4n) is 3.08. The van der Waals surface area contributed by atoms with E-state index in [0.717, 1.165) is 17.6 Å². The number of nitrogens with one attached hydrogen (secondary N) is 2. The van der Waals surface area contributed by atoms with Crippen LogP contribution in [0.4, 0.5) is 4.79 Å². The van der Waals surface area contributed by atoms with Gasteiger partial charge in [0.05, 0.1) is 20.1 Å². The summed E-state index contributed by atoms with van der Waals surface area (Å²) in [6.45, 7) is 5.38. The second-order valence-electron chi connectivity index (χ2n) is 8.73. The highest BCUT2D eigenvalue weighted by Gasteiger charge is 2.36. The Morgan fingerprint density at radius 1 is 1.11 bits per heavy atom. The van der Waals surface area contributed by atoms with E-state index in [1.807, 2.05) is 6.92 Å². The highest BCUT2D eigenvalue weighted by molar-refractivity contribution is 5.95. The number of nitrogens with zero attached hydrogens (tertiary/aromatic N) is 1. The number of aliphatic hydroxyl groups is 1. The van der Waals surface area contributed by atoms with Gasteiger partial charge in [0.15, 0.2) is 0 Å². The molecule has 0 fully saturated rings. The van der Waals surface area contributed by atoms with Gasteiger partial charge in [-0.2, -0.15) is 0 Å². The predicted molar refractivity (Wildman–Crippen MR) is 125 cm³/mol. The Hall–Kier alpha value is -3.67. The molecule has 5 N–H and O–H groups in total. The number of hydrogen-bond acceptors (Lipinski definition) is 8. The molecule has 0 radical (unpaired) electrons. The standard InChI is InChI=1S/C23H34N4O8/c1-14-6-8-15(9-7-14)19(20(31)25-13-18(30)34-5)27(10-11-28)21(32)16(12-17(24)29)26-22(33)35-23(2,3)4/h6-9,16,19,28H,10-13H2,1-5H3,(H2,24,29)(H,25,31)(H,26,33). The normalized spacial score (nSPS) is 12.6. The highest BCUT2D eigenvalue weighted by atomic mass is 16.6. The Morgan fingerprint density at radius 2 is 1.71 bits per heavy atom. The number of hydrogen-bond donors (Lipinski definition) is 4. The monoisotopic (exact) mass is 494 g/mol. The summed E-state index contributed by atoms with van der Waals surface area (Å²) < 4.78 is 9.71. The molecule has 0 aliphatic rings. The number of primary amides is 1. The minimum absolute atomic E-state index is 0.325. The van der Waals surface area contributed by atoms with Crippen molar-refractivity contribution in [2.24, 2.45) is 5.73 Å². The average Bonchev–Trinajstić information content (AvgIpc) is 2.75. The number of aryl methyl sites for hydroxylation is 1. The molecule has 0 aromatic heterocycles. The van der Waals surface area contributed by atoms with Gasteiger partial charge in [-0.1, -0.05) is 29.8 Å². The number of ether oxygens (including phenoxy) is 2. The van der Waals surface area contributed by atoms with Gasteiger partial charge in [-0.05, 0) is 33.3 Å². The van der Waals surface area contributed by atoms with Gasteiger partial charge < -0.3 is 35.8 Å². The molecular weight excluding hydrogens is 460 g/mol. The summed E-state index contributed by atoms with van der Waals surface area (Å²) in [5, 5.41) is 14.4. The maximum Gasteiger partial charge on any atom is 0.408 e. The molecule has 1 aromatic rings. The van der Waals surface area contributed by atoms with E-state index in [1.165, 1.54) is 0 Å². The van der Waals surface area contributed by atoms with Crippen molar-refractivity contribution in [3.8, 4) is 0 Å². The molecular formula is C23H34N4O8. The first kappa shape index (κ1) is 29.4. The van der Waals surface area contributed by atoms with Crippen LogP contribution in [-0.4, -0.2) is 78.2 Å². The summed E-state index contributed by atoms with van der Waals surface area (Å²) in [6, 6.07) is 3.87. The maximum atomic E-state index is 13.5. The number of amides is 4. The van der Waals surface area contributed by atoms with Gasteiger partial charge >= 0.3 is 12.1 Å². The maximum absolute atomic E-state index is 13.5. The Morgan fingerprint density at radius 3 is 2.20 bits per heavy atom. The van der Waals surface area contributed by atoms with Crippen molar-refractivity contribution in [2.45, 2.75) is 51.8 Å². The molecule has 0 saturated carbocycles. The zero-order valence-corrected chi connectivity index (χ0v) is 20.6. The van der Waals surface area contributed by atoms with Crippen LogP contribution in [0, 0.1) is 6.92 Å². The number of carbonyl (C=O) groups is 5. The van der Waals surface area contributed by atoms with Gasteiger partial charge in [0.1, 0.15) is 24.2 Å². The van der Waals surface area contributed by atoms with Crippen LogP contribution in [0.25, 0.3) is 0 Å². The highest BCUT2D eigenvalue weighted by Crippen LogP contribution is 2.23. The van der Waals surface area contributed by atoms with E-state index in [1.54, 1.807) is 45.0 Å². The molecule has 0 spiro atoms. The molecule has 35 heavy (non-hydrogen) atoms. The first-order chi connectivity index (χ1) is 16.3. The fourth-order valence-corrected chi connectivity index (χ4v) is 3.08. The Kier molecular flexibility index (Phi) is 11.1. The Balaban J connectivity index is 3.40. The van der Waals surface area contributed by atoms with Gasteiger partial charge in [0.25, 0.3) is 0 Å². The SMILES string of the molecule is COC(=O)CNC(=O)C(c1ccc(C)cc1)N(CCO)C(=O)C(CC(N)=O)NC(=O)OC(C)(C)C. The summed E-state index contributed by atoms with van der Waals surface area (Å²) in [5.41, 5.74) is 5.66. The van der Waals surface area contributed by atoms with E-state index < -0.39 is 67.0 Å². The van der Waals surface area contributed by atoms with Crippen molar-refractivity contribution in [3.63, 3.8) is 0 Å². The van der Waals surface area contributed by atoms with E-state index in [9.17, 15) is 29.1 Å². The van der Waals surface area contributed by atoms with Crippen LogP contribution in [0.2, 0.25) is 0 Å². The van der Waals surface area contributed by atoms with E-state index in [2.05, 4.69) is 15.4 Å². The van der Waals surface area contributed by atoms with Gasteiger partial charge in [-0.3, -0.25) is 19.2 Å². The lowest BCUT2D eigenvalue weighted by Gasteiger charge is -2.33. The summed E-state index contributed by atoms with van der Waals surface area (Å²) in [4.78, 5) is 63.2. The second kappa shape index (κ2) is 13.3. The number of aliphatic hydroxyl groups excluding tert-OH is 1. The zero-order chi connectivity index (χ0) is 26.8. The van der Waals surface area contributed by atoms with Crippen molar-refractivity contribution in [3.05, 3.63) is 35.4 Å². The van der Waals surface area contributed by atoms with Crippen LogP contribution in [-0.2, 0) is 28.7 Å². The molecule has 12 nitrogen and oxygen atoms in total. The minimum Gasteiger partial charge on any atom is -0.468 e. The average molecular weight is 495 g/mol. The van der Waals surface area contributed by atoms with Crippen molar-refractivity contribution in [1.29, 1.82) is 0 Å². The first-order valence-corrected chi connectivity index (χ1v) is 10.9. The molecule has 0 saturated heterocycles. The molecule has 0 bridgehead atoms. The summed E-state index contributed by atoms with van der Waals surface area (Å²) in [7, 11) is 1.16. The van der Waals surface area contributed by atoms with Crippen molar-refractivity contribution in [2.75, 3.05) is 26.8 Å². The van der Waals surface area contributed by atoms with E-state index in [-0.39, 0.29) is 6.54 Å². The zero-order valence-electron chi connectivity index (χ0n) is 20.6. The Bertz CT molecular complexity index is 911. The van der Waals surface area contributed by atoms with E-state index >= 15 is 0 Å². The first-order valence-electron chi connectivity index (χ1n) is 10.9. The van der Waals surface area contributed by atoms with Crippen LogP contribution in [0.3, 0.4) is 0 Å². The Labute approximate surface area is 204 Å². The van der Waals surface area contributed by atoms with Gasteiger partial charge in [0.2, 0.25) is 17.7 Å². The van der Waals surface area contributed by atoms with Gasteiger partial charge in [-0.15, -0.1) is 0 Å².